The molecule has 0 aliphatic heterocycles. The summed E-state index contributed by atoms with van der Waals surface area (Å²) in [6.45, 7) is 15.2. The summed E-state index contributed by atoms with van der Waals surface area (Å²) in [5.41, 5.74) is 5.09. The molecular formula is C28H48O. The smallest absolute Gasteiger partial charge is 0.0543 e. The van der Waals surface area contributed by atoms with Crippen molar-refractivity contribution in [2.75, 3.05) is 0 Å². The Morgan fingerprint density at radius 2 is 1.66 bits per heavy atom. The lowest BCUT2D eigenvalue weighted by Crippen LogP contribution is -2.49. The zero-order chi connectivity index (χ0) is 21.0. The fourth-order valence-corrected chi connectivity index (χ4v) is 8.83. The van der Waals surface area contributed by atoms with Crippen LogP contribution in [0.25, 0.3) is 0 Å². The minimum atomic E-state index is -0.0396. The molecule has 0 saturated heterocycles. The third-order valence-corrected chi connectivity index (χ3v) is 11.0. The molecule has 4 aliphatic carbocycles. The normalized spacial score (nSPS) is 45.7. The Hall–Kier alpha value is -0.300. The molecule has 0 radical (unpaired) electrons. The lowest BCUT2D eigenvalue weighted by molar-refractivity contribution is -0.00504. The van der Waals surface area contributed by atoms with Gasteiger partial charge in [0.15, 0.2) is 0 Å². The van der Waals surface area contributed by atoms with Crippen molar-refractivity contribution >= 4 is 0 Å². The van der Waals surface area contributed by atoms with E-state index in [1.165, 1.54) is 64.2 Å². The van der Waals surface area contributed by atoms with Crippen LogP contribution in [-0.2, 0) is 0 Å². The number of rotatable bonds is 5. The Morgan fingerprint density at radius 1 is 0.897 bits per heavy atom. The van der Waals surface area contributed by atoms with Crippen molar-refractivity contribution in [2.24, 2.45) is 39.9 Å². The first-order chi connectivity index (χ1) is 13.6. The summed E-state index contributed by atoms with van der Waals surface area (Å²) < 4.78 is 0. The Morgan fingerprint density at radius 3 is 2.38 bits per heavy atom. The average molecular weight is 401 g/mol. The fourth-order valence-electron chi connectivity index (χ4n) is 8.83. The van der Waals surface area contributed by atoms with Crippen LogP contribution in [-0.4, -0.2) is 11.2 Å². The van der Waals surface area contributed by atoms with E-state index in [4.69, 9.17) is 0 Å². The molecule has 4 aliphatic rings. The highest BCUT2D eigenvalue weighted by Gasteiger charge is 2.61. The van der Waals surface area contributed by atoms with E-state index in [9.17, 15) is 5.11 Å². The number of aliphatic hydroxyl groups excluding tert-OH is 1. The summed E-state index contributed by atoms with van der Waals surface area (Å²) in [5, 5.41) is 10.3. The highest BCUT2D eigenvalue weighted by molar-refractivity contribution is 5.38. The molecule has 29 heavy (non-hydrogen) atoms. The highest BCUT2D eigenvalue weighted by Crippen LogP contribution is 2.71. The van der Waals surface area contributed by atoms with Gasteiger partial charge >= 0.3 is 0 Å². The van der Waals surface area contributed by atoms with Crippen LogP contribution < -0.4 is 0 Å². The standard InChI is InChI=1S/C28H48O/c1-19(2)8-7-9-20(3)23-13-16-28(6)25-11-10-21-18-22(29)12-15-26(21,4)24(25)14-17-27(23,28)5/h19-23,29H,7-18H2,1-6H3. The molecule has 166 valence electrons. The van der Waals surface area contributed by atoms with E-state index < -0.39 is 0 Å². The van der Waals surface area contributed by atoms with Gasteiger partial charge in [-0.2, -0.15) is 0 Å². The molecule has 0 aromatic heterocycles. The minimum Gasteiger partial charge on any atom is -0.393 e. The largest absolute Gasteiger partial charge is 0.393 e. The van der Waals surface area contributed by atoms with Crippen molar-refractivity contribution < 1.29 is 5.11 Å². The summed E-state index contributed by atoms with van der Waals surface area (Å²) in [7, 11) is 0. The van der Waals surface area contributed by atoms with Gasteiger partial charge in [-0.15, -0.1) is 0 Å². The third-order valence-electron chi connectivity index (χ3n) is 11.0. The molecule has 0 amide bonds. The molecule has 0 aromatic carbocycles. The van der Waals surface area contributed by atoms with E-state index in [-0.39, 0.29) is 6.10 Å². The first kappa shape index (κ1) is 21.9. The SMILES string of the molecule is CC(C)CCCC(C)C1CCC2(C)C3=C(CCC12C)C1(C)CCC(O)CC1CC3. The van der Waals surface area contributed by atoms with Gasteiger partial charge in [-0.1, -0.05) is 72.0 Å². The van der Waals surface area contributed by atoms with Crippen molar-refractivity contribution in [1.82, 2.24) is 0 Å². The van der Waals surface area contributed by atoms with Crippen LogP contribution in [0.15, 0.2) is 11.1 Å². The molecule has 0 bridgehead atoms. The van der Waals surface area contributed by atoms with E-state index >= 15 is 0 Å². The third kappa shape index (κ3) is 3.37. The number of hydrogen-bond donors (Lipinski definition) is 1. The topological polar surface area (TPSA) is 20.2 Å². The van der Waals surface area contributed by atoms with Gasteiger partial charge in [0.25, 0.3) is 0 Å². The maximum absolute atomic E-state index is 10.3. The summed E-state index contributed by atoms with van der Waals surface area (Å²) in [4.78, 5) is 0. The van der Waals surface area contributed by atoms with E-state index in [0.717, 1.165) is 36.5 Å². The van der Waals surface area contributed by atoms with Crippen molar-refractivity contribution in [1.29, 1.82) is 0 Å². The Kier molecular flexibility index (Phi) is 5.81. The quantitative estimate of drug-likeness (QED) is 0.465. The molecule has 0 heterocycles. The van der Waals surface area contributed by atoms with Crippen LogP contribution in [0.2, 0.25) is 0 Å². The Bertz CT molecular complexity index is 647. The van der Waals surface area contributed by atoms with Crippen molar-refractivity contribution in [3.8, 4) is 0 Å². The van der Waals surface area contributed by atoms with Crippen LogP contribution in [0, 0.1) is 39.9 Å². The fraction of sp³-hybridized carbons (Fsp3) is 0.929. The van der Waals surface area contributed by atoms with Gasteiger partial charge in [0.2, 0.25) is 0 Å². The van der Waals surface area contributed by atoms with Crippen LogP contribution in [0.1, 0.15) is 119 Å². The number of fused-ring (bicyclic) bond motifs is 4. The molecule has 7 atom stereocenters. The van der Waals surface area contributed by atoms with Crippen molar-refractivity contribution in [2.45, 2.75) is 125 Å². The van der Waals surface area contributed by atoms with Gasteiger partial charge in [-0.05, 0) is 97.7 Å². The van der Waals surface area contributed by atoms with E-state index in [1.807, 2.05) is 11.1 Å². The molecule has 2 saturated carbocycles. The van der Waals surface area contributed by atoms with Gasteiger partial charge in [-0.3, -0.25) is 0 Å². The highest BCUT2D eigenvalue weighted by atomic mass is 16.3. The number of allylic oxidation sites excluding steroid dienone is 2. The van der Waals surface area contributed by atoms with Crippen LogP contribution in [0.4, 0.5) is 0 Å². The predicted octanol–water partition coefficient (Wildman–Crippen LogP) is 7.92. The van der Waals surface area contributed by atoms with Crippen LogP contribution in [0.3, 0.4) is 0 Å². The molecule has 2 fully saturated rings. The second-order valence-electron chi connectivity index (χ2n) is 12.7. The van der Waals surface area contributed by atoms with Gasteiger partial charge in [0.1, 0.15) is 0 Å². The van der Waals surface area contributed by atoms with Crippen molar-refractivity contribution in [3.63, 3.8) is 0 Å². The summed E-state index contributed by atoms with van der Waals surface area (Å²) in [5.74, 6) is 3.36. The first-order valence-corrected chi connectivity index (χ1v) is 13.0. The van der Waals surface area contributed by atoms with E-state index in [2.05, 4.69) is 41.5 Å². The molecule has 4 rings (SSSR count). The van der Waals surface area contributed by atoms with Crippen molar-refractivity contribution in [3.05, 3.63) is 11.1 Å². The summed E-state index contributed by atoms with van der Waals surface area (Å²) >= 11 is 0. The molecule has 1 nitrogen and oxygen atoms in total. The van der Waals surface area contributed by atoms with Crippen LogP contribution in [0.5, 0.6) is 0 Å². The van der Waals surface area contributed by atoms with Gasteiger partial charge in [-0.25, -0.2) is 0 Å². The van der Waals surface area contributed by atoms with Crippen LogP contribution >= 0.6 is 0 Å². The molecule has 7 unspecified atom stereocenters. The Labute approximate surface area is 181 Å². The maximum Gasteiger partial charge on any atom is 0.0543 e. The first-order valence-electron chi connectivity index (χ1n) is 13.0. The summed E-state index contributed by atoms with van der Waals surface area (Å²) in [6, 6.07) is 0. The van der Waals surface area contributed by atoms with Gasteiger partial charge in [0.05, 0.1) is 6.10 Å². The second-order valence-corrected chi connectivity index (χ2v) is 12.7. The summed E-state index contributed by atoms with van der Waals surface area (Å²) in [6.07, 6.45) is 15.8. The molecule has 0 spiro atoms. The van der Waals surface area contributed by atoms with E-state index in [0.29, 0.717) is 16.2 Å². The van der Waals surface area contributed by atoms with Gasteiger partial charge < -0.3 is 5.11 Å². The lowest BCUT2D eigenvalue weighted by atomic mass is 9.46. The number of hydrogen-bond acceptors (Lipinski definition) is 1. The monoisotopic (exact) mass is 400 g/mol. The van der Waals surface area contributed by atoms with Gasteiger partial charge in [0, 0.05) is 0 Å². The lowest BCUT2D eigenvalue weighted by Gasteiger charge is -2.59. The molecule has 1 N–H and O–H groups in total. The second kappa shape index (κ2) is 7.68. The average Bonchev–Trinajstić information content (AvgIpc) is 2.93. The Balaban J connectivity index is 1.59. The van der Waals surface area contributed by atoms with E-state index in [1.54, 1.807) is 0 Å². The predicted molar refractivity (Wildman–Crippen MR) is 124 cm³/mol. The zero-order valence-electron chi connectivity index (χ0n) is 20.3. The zero-order valence-corrected chi connectivity index (χ0v) is 20.3. The molecule has 0 aromatic rings. The maximum atomic E-state index is 10.3. The minimum absolute atomic E-state index is 0.0396. The molecular weight excluding hydrogens is 352 g/mol. The number of aliphatic hydroxyl groups is 1. The molecule has 1 heteroatoms.